The molecule has 4 atom stereocenters. The number of allylic oxidation sites excluding steroid dienone is 1. The number of rotatable bonds is 0. The number of carbonyl (C=O) groups excluding carboxylic acids is 1. The van der Waals surface area contributed by atoms with Gasteiger partial charge in [0.1, 0.15) is 6.10 Å². The van der Waals surface area contributed by atoms with Crippen molar-refractivity contribution in [3.63, 3.8) is 0 Å². The largest absolute Gasteiger partial charge is 0.458 e. The Balaban J connectivity index is 1.91. The first-order valence-electron chi connectivity index (χ1n) is 6.59. The van der Waals surface area contributed by atoms with E-state index in [-0.39, 0.29) is 18.0 Å². The zero-order chi connectivity index (χ0) is 12.2. The van der Waals surface area contributed by atoms with Crippen LogP contribution in [-0.2, 0) is 9.53 Å². The van der Waals surface area contributed by atoms with Crippen LogP contribution in [0.3, 0.4) is 0 Å². The maximum atomic E-state index is 11.6. The lowest BCUT2D eigenvalue weighted by Gasteiger charge is -2.49. The van der Waals surface area contributed by atoms with Gasteiger partial charge in [0.05, 0.1) is 0 Å². The quantitative estimate of drug-likeness (QED) is 0.364. The van der Waals surface area contributed by atoms with Crippen molar-refractivity contribution in [2.75, 3.05) is 0 Å². The van der Waals surface area contributed by atoms with Crippen LogP contribution in [0.2, 0.25) is 0 Å². The van der Waals surface area contributed by atoms with E-state index in [1.807, 2.05) is 0 Å². The molecule has 0 radical (unpaired) electrons. The van der Waals surface area contributed by atoms with Crippen LogP contribution < -0.4 is 0 Å². The molecule has 0 aromatic rings. The van der Waals surface area contributed by atoms with Gasteiger partial charge in [-0.25, -0.2) is 4.79 Å². The predicted octanol–water partition coefficient (Wildman–Crippen LogP) is 3.24. The minimum absolute atomic E-state index is 0.0853. The van der Waals surface area contributed by atoms with Crippen LogP contribution in [0.15, 0.2) is 24.3 Å². The Labute approximate surface area is 103 Å². The molecule has 0 N–H and O–H groups in total. The van der Waals surface area contributed by atoms with Gasteiger partial charge in [0, 0.05) is 11.5 Å². The minimum atomic E-state index is -0.173. The highest BCUT2D eigenvalue weighted by Gasteiger charge is 2.52. The van der Waals surface area contributed by atoms with Gasteiger partial charge in [0.2, 0.25) is 0 Å². The molecule has 92 valence electrons. The first kappa shape index (κ1) is 11.1. The molecule has 0 aromatic carbocycles. The lowest BCUT2D eigenvalue weighted by Crippen LogP contribution is -2.43. The van der Waals surface area contributed by atoms with E-state index >= 15 is 0 Å². The monoisotopic (exact) mass is 232 g/mol. The first-order chi connectivity index (χ1) is 8.01. The lowest BCUT2D eigenvalue weighted by molar-refractivity contribution is -0.142. The number of carbonyl (C=O) groups is 1. The molecule has 1 heterocycles. The van der Waals surface area contributed by atoms with Gasteiger partial charge in [-0.2, -0.15) is 0 Å². The van der Waals surface area contributed by atoms with Crippen LogP contribution in [0, 0.1) is 17.3 Å². The average Bonchev–Trinajstić information content (AvgIpc) is 2.52. The zero-order valence-electron chi connectivity index (χ0n) is 10.5. The summed E-state index contributed by atoms with van der Waals surface area (Å²) in [6.07, 6.45) is 5.72. The van der Waals surface area contributed by atoms with Gasteiger partial charge in [0.25, 0.3) is 0 Å². The maximum Gasteiger partial charge on any atom is 0.334 e. The normalized spacial score (nSPS) is 45.2. The van der Waals surface area contributed by atoms with Crippen molar-refractivity contribution < 1.29 is 9.53 Å². The van der Waals surface area contributed by atoms with E-state index < -0.39 is 0 Å². The number of fused-ring (bicyclic) bond motifs is 2. The number of hydrogen-bond acceptors (Lipinski definition) is 2. The Kier molecular flexibility index (Phi) is 2.26. The van der Waals surface area contributed by atoms with Crippen molar-refractivity contribution >= 4 is 5.97 Å². The van der Waals surface area contributed by atoms with E-state index in [0.29, 0.717) is 16.9 Å². The van der Waals surface area contributed by atoms with Crippen LogP contribution >= 0.6 is 0 Å². The third-order valence-corrected chi connectivity index (χ3v) is 5.15. The molecular weight excluding hydrogens is 212 g/mol. The average molecular weight is 232 g/mol. The van der Waals surface area contributed by atoms with E-state index in [2.05, 4.69) is 20.1 Å². The highest BCUT2D eigenvalue weighted by atomic mass is 16.6. The summed E-state index contributed by atoms with van der Waals surface area (Å²) >= 11 is 0. The second-order valence-electron chi connectivity index (χ2n) is 6.23. The third-order valence-electron chi connectivity index (χ3n) is 5.15. The molecular formula is C15H20O2. The van der Waals surface area contributed by atoms with Crippen molar-refractivity contribution in [1.29, 1.82) is 0 Å². The van der Waals surface area contributed by atoms with E-state index in [9.17, 15) is 4.79 Å². The van der Waals surface area contributed by atoms with Gasteiger partial charge < -0.3 is 4.74 Å². The molecule has 0 unspecified atom stereocenters. The predicted molar refractivity (Wildman–Crippen MR) is 66.3 cm³/mol. The minimum Gasteiger partial charge on any atom is -0.458 e. The summed E-state index contributed by atoms with van der Waals surface area (Å²) in [5, 5.41) is 0. The topological polar surface area (TPSA) is 26.3 Å². The molecule has 2 saturated carbocycles. The molecule has 3 aliphatic rings. The molecule has 2 aliphatic carbocycles. The summed E-state index contributed by atoms with van der Waals surface area (Å²) in [7, 11) is 0. The molecule has 2 nitrogen and oxygen atoms in total. The molecule has 0 bridgehead atoms. The van der Waals surface area contributed by atoms with Gasteiger partial charge in [-0.3, -0.25) is 0 Å². The maximum absolute atomic E-state index is 11.6. The second kappa shape index (κ2) is 3.47. The van der Waals surface area contributed by atoms with Crippen molar-refractivity contribution in [3.05, 3.63) is 24.3 Å². The summed E-state index contributed by atoms with van der Waals surface area (Å²) in [5.41, 5.74) is 2.36. The van der Waals surface area contributed by atoms with Crippen molar-refractivity contribution in [3.8, 4) is 0 Å². The standard InChI is InChI=1S/C15H20O2/c1-9-5-4-6-15(3)8-13-11(7-12(9)15)10(2)14(16)17-13/h11-13H,1-2,4-8H2,3H3/t11-,12+,13+,15-/m0/s1. The van der Waals surface area contributed by atoms with Crippen molar-refractivity contribution in [2.24, 2.45) is 17.3 Å². The van der Waals surface area contributed by atoms with E-state index in [1.54, 1.807) is 0 Å². The summed E-state index contributed by atoms with van der Waals surface area (Å²) in [4.78, 5) is 11.6. The highest BCUT2D eigenvalue weighted by Crippen LogP contribution is 2.56. The fourth-order valence-electron chi connectivity index (χ4n) is 4.12. The molecule has 1 aliphatic heterocycles. The van der Waals surface area contributed by atoms with Crippen LogP contribution in [0.1, 0.15) is 39.0 Å². The molecule has 17 heavy (non-hydrogen) atoms. The van der Waals surface area contributed by atoms with Gasteiger partial charge in [-0.1, -0.05) is 25.7 Å². The Morgan fingerprint density at radius 1 is 1.41 bits per heavy atom. The summed E-state index contributed by atoms with van der Waals surface area (Å²) in [6, 6.07) is 0. The summed E-state index contributed by atoms with van der Waals surface area (Å²) in [5.74, 6) is 0.632. The van der Waals surface area contributed by atoms with Gasteiger partial charge in [0.15, 0.2) is 0 Å². The molecule has 0 spiro atoms. The van der Waals surface area contributed by atoms with Crippen LogP contribution in [-0.4, -0.2) is 12.1 Å². The fraction of sp³-hybridized carbons (Fsp3) is 0.667. The van der Waals surface area contributed by atoms with Gasteiger partial charge in [-0.05, 0) is 43.4 Å². The van der Waals surface area contributed by atoms with Crippen LogP contribution in [0.4, 0.5) is 0 Å². The second-order valence-corrected chi connectivity index (χ2v) is 6.23. The third kappa shape index (κ3) is 1.50. The molecule has 0 aromatic heterocycles. The van der Waals surface area contributed by atoms with Crippen LogP contribution in [0.25, 0.3) is 0 Å². The van der Waals surface area contributed by atoms with E-state index in [4.69, 9.17) is 4.74 Å². The van der Waals surface area contributed by atoms with Crippen molar-refractivity contribution in [1.82, 2.24) is 0 Å². The first-order valence-corrected chi connectivity index (χ1v) is 6.59. The molecule has 2 heteroatoms. The molecule has 3 rings (SSSR count). The smallest absolute Gasteiger partial charge is 0.334 e. The molecule has 3 fully saturated rings. The zero-order valence-corrected chi connectivity index (χ0v) is 10.5. The van der Waals surface area contributed by atoms with Crippen LogP contribution in [0.5, 0.6) is 0 Å². The summed E-state index contributed by atoms with van der Waals surface area (Å²) in [6.45, 7) is 10.5. The SMILES string of the molecule is C=C1CCC[C@@]2(C)C[C@H]3OC(=O)C(=C)[C@@H]3C[C@H]12. The Morgan fingerprint density at radius 3 is 2.94 bits per heavy atom. The number of esters is 1. The van der Waals surface area contributed by atoms with E-state index in [1.165, 1.54) is 18.4 Å². The van der Waals surface area contributed by atoms with Gasteiger partial charge >= 0.3 is 5.97 Å². The lowest BCUT2D eigenvalue weighted by atomic mass is 9.56. The van der Waals surface area contributed by atoms with Crippen molar-refractivity contribution in [2.45, 2.75) is 45.1 Å². The summed E-state index contributed by atoms with van der Waals surface area (Å²) < 4.78 is 5.46. The number of hydrogen-bond donors (Lipinski definition) is 0. The fourth-order valence-corrected chi connectivity index (χ4v) is 4.12. The number of ether oxygens (including phenoxy) is 1. The van der Waals surface area contributed by atoms with Gasteiger partial charge in [-0.15, -0.1) is 0 Å². The molecule has 0 amide bonds. The highest BCUT2D eigenvalue weighted by molar-refractivity contribution is 5.90. The Morgan fingerprint density at radius 2 is 2.18 bits per heavy atom. The molecule has 1 saturated heterocycles. The Hall–Kier alpha value is -1.05. The van der Waals surface area contributed by atoms with E-state index in [0.717, 1.165) is 19.3 Å². The Bertz CT molecular complexity index is 409.